The summed E-state index contributed by atoms with van der Waals surface area (Å²) in [6, 6.07) is 4.88. The predicted molar refractivity (Wildman–Crippen MR) is 107 cm³/mol. The lowest BCUT2D eigenvalue weighted by Crippen LogP contribution is -2.71. The van der Waals surface area contributed by atoms with E-state index in [2.05, 4.69) is 5.32 Å². The van der Waals surface area contributed by atoms with Crippen molar-refractivity contribution in [2.45, 2.75) is 62.7 Å². The number of rotatable bonds is 3. The summed E-state index contributed by atoms with van der Waals surface area (Å²) in [5.41, 5.74) is 6.76. The van der Waals surface area contributed by atoms with Crippen molar-refractivity contribution in [1.82, 2.24) is 15.1 Å². The largest absolute Gasteiger partial charge is 0.322 e. The third kappa shape index (κ3) is 3.17. The number of nitrogens with one attached hydrogen (secondary N) is 1. The fraction of sp³-hybridized carbons (Fsp3) is 0.591. The molecule has 3 atom stereocenters. The average molecular weight is 432 g/mol. The van der Waals surface area contributed by atoms with Crippen LogP contribution in [0, 0.1) is 5.92 Å². The predicted octanol–water partition coefficient (Wildman–Crippen LogP) is 1.40. The molecule has 1 aliphatic carbocycles. The van der Waals surface area contributed by atoms with Gasteiger partial charge in [-0.1, -0.05) is 24.6 Å². The SMILES string of the molecule is NC12CCCC(CN(Cc3cccc4c3C(=O)N(C3CCC(=O)NC3=O)C4)C1)C2(F)F. The van der Waals surface area contributed by atoms with Crippen LogP contribution in [0.25, 0.3) is 0 Å². The number of alkyl halides is 2. The van der Waals surface area contributed by atoms with Crippen LogP contribution in [0.3, 0.4) is 0 Å². The first-order chi connectivity index (χ1) is 14.7. The van der Waals surface area contributed by atoms with Crippen molar-refractivity contribution >= 4 is 17.7 Å². The molecular weight excluding hydrogens is 406 g/mol. The Morgan fingerprint density at radius 1 is 1.19 bits per heavy atom. The first-order valence-electron chi connectivity index (χ1n) is 10.8. The van der Waals surface area contributed by atoms with Gasteiger partial charge in [-0.25, -0.2) is 8.78 Å². The van der Waals surface area contributed by atoms with E-state index in [-0.39, 0.29) is 31.3 Å². The molecule has 3 amide bonds. The molecule has 1 aromatic rings. The van der Waals surface area contributed by atoms with E-state index in [0.29, 0.717) is 44.3 Å². The first-order valence-corrected chi connectivity index (χ1v) is 10.8. The maximum absolute atomic E-state index is 14.7. The van der Waals surface area contributed by atoms with Crippen molar-refractivity contribution < 1.29 is 23.2 Å². The Kier molecular flexibility index (Phi) is 4.67. The number of carbonyl (C=O) groups excluding carboxylic acids is 3. The first kappa shape index (κ1) is 20.5. The lowest BCUT2D eigenvalue weighted by atomic mass is 9.69. The van der Waals surface area contributed by atoms with Crippen molar-refractivity contribution in [1.29, 1.82) is 0 Å². The minimum Gasteiger partial charge on any atom is -0.322 e. The Labute approximate surface area is 178 Å². The minimum atomic E-state index is -2.88. The second-order valence-corrected chi connectivity index (χ2v) is 9.39. The highest BCUT2D eigenvalue weighted by Crippen LogP contribution is 2.48. The summed E-state index contributed by atoms with van der Waals surface area (Å²) in [5.74, 6) is -4.67. The number of amides is 3. The number of imide groups is 1. The molecule has 0 radical (unpaired) electrons. The van der Waals surface area contributed by atoms with Gasteiger partial charge in [0.15, 0.2) is 0 Å². The van der Waals surface area contributed by atoms with E-state index in [0.717, 1.165) is 11.1 Å². The van der Waals surface area contributed by atoms with Crippen LogP contribution in [-0.4, -0.2) is 58.1 Å². The van der Waals surface area contributed by atoms with E-state index in [9.17, 15) is 23.2 Å². The summed E-state index contributed by atoms with van der Waals surface area (Å²) in [6.07, 6.45) is 1.97. The number of hydrogen-bond donors (Lipinski definition) is 2. The average Bonchev–Trinajstić information content (AvgIpc) is 3.01. The lowest BCUT2D eigenvalue weighted by Gasteiger charge is -2.53. The van der Waals surface area contributed by atoms with Gasteiger partial charge in [-0.2, -0.15) is 0 Å². The van der Waals surface area contributed by atoms with Gasteiger partial charge in [-0.3, -0.25) is 24.6 Å². The Hall–Kier alpha value is -2.39. The molecule has 2 saturated heterocycles. The number of hydrogen-bond acceptors (Lipinski definition) is 5. The number of fused-ring (bicyclic) bond motifs is 3. The fourth-order valence-corrected chi connectivity index (χ4v) is 5.77. The van der Waals surface area contributed by atoms with E-state index >= 15 is 0 Å². The minimum absolute atomic E-state index is 0.0885. The number of nitrogens with two attached hydrogens (primary N) is 1. The van der Waals surface area contributed by atoms with Crippen molar-refractivity contribution in [2.24, 2.45) is 11.7 Å². The van der Waals surface area contributed by atoms with E-state index in [1.807, 2.05) is 23.1 Å². The molecule has 3 unspecified atom stereocenters. The number of benzene rings is 1. The molecule has 2 bridgehead atoms. The summed E-state index contributed by atoms with van der Waals surface area (Å²) < 4.78 is 29.5. The zero-order chi connectivity index (χ0) is 22.0. The molecular formula is C22H26F2N4O3. The van der Waals surface area contributed by atoms with Crippen molar-refractivity contribution in [3.05, 3.63) is 34.9 Å². The highest BCUT2D eigenvalue weighted by molar-refractivity contribution is 6.06. The topological polar surface area (TPSA) is 95.7 Å². The molecule has 0 aromatic heterocycles. The Bertz CT molecular complexity index is 968. The number of nitrogens with zero attached hydrogens (tertiary/aromatic N) is 2. The van der Waals surface area contributed by atoms with Crippen LogP contribution in [-0.2, 0) is 22.7 Å². The molecule has 31 heavy (non-hydrogen) atoms. The van der Waals surface area contributed by atoms with Gasteiger partial charge in [0.25, 0.3) is 11.8 Å². The standard InChI is InChI=1S/C22H26F2N4O3/c23-22(24)15-5-2-8-21(22,25)12-27(11-15)9-13-3-1-4-14-10-28(20(31)18(13)14)16-6-7-17(29)26-19(16)30/h1,3-4,15-16H,2,5-12,25H2,(H,26,29,30). The van der Waals surface area contributed by atoms with Gasteiger partial charge in [0.05, 0.1) is 5.54 Å². The number of piperidine rings is 2. The Balaban J connectivity index is 1.37. The van der Waals surface area contributed by atoms with E-state index in [1.165, 1.54) is 4.90 Å². The van der Waals surface area contributed by atoms with Gasteiger partial charge in [0, 0.05) is 44.1 Å². The molecule has 4 aliphatic rings. The van der Waals surface area contributed by atoms with E-state index < -0.39 is 29.3 Å². The molecule has 3 N–H and O–H groups in total. The molecule has 1 aromatic carbocycles. The summed E-state index contributed by atoms with van der Waals surface area (Å²) >= 11 is 0. The van der Waals surface area contributed by atoms with Crippen LogP contribution < -0.4 is 11.1 Å². The molecule has 0 spiro atoms. The van der Waals surface area contributed by atoms with E-state index in [1.54, 1.807) is 0 Å². The highest BCUT2D eigenvalue weighted by Gasteiger charge is 2.61. The number of carbonyl (C=O) groups is 3. The lowest BCUT2D eigenvalue weighted by molar-refractivity contribution is -0.185. The third-order valence-corrected chi connectivity index (χ3v) is 7.37. The molecule has 3 heterocycles. The monoisotopic (exact) mass is 432 g/mol. The van der Waals surface area contributed by atoms with Crippen LogP contribution >= 0.6 is 0 Å². The normalized spacial score (nSPS) is 32.7. The second-order valence-electron chi connectivity index (χ2n) is 9.39. The highest BCUT2D eigenvalue weighted by atomic mass is 19.3. The quantitative estimate of drug-likeness (QED) is 0.704. The summed E-state index contributed by atoms with van der Waals surface area (Å²) in [6.45, 7) is 1.01. The Morgan fingerprint density at radius 3 is 2.74 bits per heavy atom. The smallest absolute Gasteiger partial charge is 0.270 e. The van der Waals surface area contributed by atoms with Gasteiger partial charge >= 0.3 is 0 Å². The van der Waals surface area contributed by atoms with Gasteiger partial charge in [-0.15, -0.1) is 0 Å². The zero-order valence-electron chi connectivity index (χ0n) is 17.2. The van der Waals surface area contributed by atoms with Crippen molar-refractivity contribution in [3.63, 3.8) is 0 Å². The van der Waals surface area contributed by atoms with Gasteiger partial charge in [-0.05, 0) is 30.4 Å². The molecule has 9 heteroatoms. The maximum Gasteiger partial charge on any atom is 0.270 e. The van der Waals surface area contributed by atoms with Crippen LogP contribution in [0.2, 0.25) is 0 Å². The summed E-state index contributed by atoms with van der Waals surface area (Å²) in [5, 5.41) is 2.30. The summed E-state index contributed by atoms with van der Waals surface area (Å²) in [4.78, 5) is 40.4. The van der Waals surface area contributed by atoms with Gasteiger partial charge < -0.3 is 10.6 Å². The maximum atomic E-state index is 14.7. The number of likely N-dealkylation sites (tertiary alicyclic amines) is 1. The van der Waals surface area contributed by atoms with Crippen LogP contribution in [0.1, 0.15) is 53.6 Å². The molecule has 5 rings (SSSR count). The molecule has 1 saturated carbocycles. The molecule has 7 nitrogen and oxygen atoms in total. The molecule has 3 fully saturated rings. The Morgan fingerprint density at radius 2 is 2.00 bits per heavy atom. The van der Waals surface area contributed by atoms with Crippen LogP contribution in [0.5, 0.6) is 0 Å². The van der Waals surface area contributed by atoms with E-state index in [4.69, 9.17) is 5.73 Å². The van der Waals surface area contributed by atoms with Gasteiger partial charge in [0.1, 0.15) is 6.04 Å². The van der Waals surface area contributed by atoms with Crippen molar-refractivity contribution in [2.75, 3.05) is 13.1 Å². The van der Waals surface area contributed by atoms with Crippen LogP contribution in [0.15, 0.2) is 18.2 Å². The fourth-order valence-electron chi connectivity index (χ4n) is 5.77. The van der Waals surface area contributed by atoms with Gasteiger partial charge in [0.2, 0.25) is 11.8 Å². The number of halogens is 2. The third-order valence-electron chi connectivity index (χ3n) is 7.37. The summed E-state index contributed by atoms with van der Waals surface area (Å²) in [7, 11) is 0. The molecule has 166 valence electrons. The van der Waals surface area contributed by atoms with Crippen LogP contribution in [0.4, 0.5) is 8.78 Å². The second kappa shape index (κ2) is 7.06. The van der Waals surface area contributed by atoms with Crippen molar-refractivity contribution in [3.8, 4) is 0 Å². The molecule has 3 aliphatic heterocycles. The zero-order valence-corrected chi connectivity index (χ0v) is 17.2.